The maximum absolute atomic E-state index is 13.5. The number of benzene rings is 1. The normalized spacial score (nSPS) is 17.9. The average Bonchev–Trinajstić information content (AvgIpc) is 3.36. The standard InChI is InChI=1S/C24H25F2N7O5S3/c1-13(2)41(37,38)33-8-5-16(14(11-33)12-34)17-9-15(40(35,36)31-24(27-3)6-7-24)10-18-19(30-32(4)20(17)18)22-28-29-23(39-22)21(25)26/h9-10,12-13,21,31H,5-8,11H2,1-2,4H3. The van der Waals surface area contributed by atoms with E-state index in [1.165, 1.54) is 21.1 Å². The van der Waals surface area contributed by atoms with Gasteiger partial charge in [0.25, 0.3) is 12.1 Å². The third-order valence-corrected chi connectivity index (χ3v) is 11.7. The molecule has 1 aliphatic carbocycles. The molecule has 0 atom stereocenters. The van der Waals surface area contributed by atoms with Crippen LogP contribution in [-0.2, 0) is 31.9 Å². The van der Waals surface area contributed by atoms with Crippen LogP contribution < -0.4 is 4.72 Å². The van der Waals surface area contributed by atoms with Gasteiger partial charge in [0, 0.05) is 36.7 Å². The molecular formula is C24H25F2N7O5S3. The van der Waals surface area contributed by atoms with Crippen molar-refractivity contribution in [1.82, 2.24) is 29.0 Å². The van der Waals surface area contributed by atoms with E-state index >= 15 is 0 Å². The molecule has 1 saturated carbocycles. The molecule has 0 amide bonds. The Morgan fingerprint density at radius 3 is 2.46 bits per heavy atom. The molecule has 1 N–H and O–H groups in total. The molecule has 3 aromatic rings. The highest BCUT2D eigenvalue weighted by Crippen LogP contribution is 2.42. The second-order valence-corrected chi connectivity index (χ2v) is 15.3. The third kappa shape index (κ3) is 5.18. The van der Waals surface area contributed by atoms with Crippen LogP contribution in [0.25, 0.3) is 32.0 Å². The minimum absolute atomic E-state index is 0.0432. The molecule has 2 aromatic heterocycles. The fourth-order valence-corrected chi connectivity index (χ4v) is 8.08. The highest BCUT2D eigenvalue weighted by atomic mass is 32.2. The van der Waals surface area contributed by atoms with E-state index in [0.29, 0.717) is 47.1 Å². The van der Waals surface area contributed by atoms with Gasteiger partial charge in [-0.15, -0.1) is 14.9 Å². The van der Waals surface area contributed by atoms with Crippen molar-refractivity contribution in [2.75, 3.05) is 13.1 Å². The van der Waals surface area contributed by atoms with Crippen molar-refractivity contribution in [3.8, 4) is 10.7 Å². The molecule has 41 heavy (non-hydrogen) atoms. The fourth-order valence-electron chi connectivity index (χ4n) is 4.71. The minimum atomic E-state index is -4.26. The summed E-state index contributed by atoms with van der Waals surface area (Å²) in [5.41, 5.74) is 0.185. The lowest BCUT2D eigenvalue weighted by atomic mass is 9.93. The smallest absolute Gasteiger partial charge is 0.298 e. The van der Waals surface area contributed by atoms with Crippen LogP contribution in [0, 0.1) is 6.57 Å². The van der Waals surface area contributed by atoms with Crippen molar-refractivity contribution >= 4 is 54.1 Å². The zero-order valence-corrected chi connectivity index (χ0v) is 24.6. The van der Waals surface area contributed by atoms with E-state index in [1.54, 1.807) is 20.9 Å². The van der Waals surface area contributed by atoms with Crippen LogP contribution in [0.4, 0.5) is 8.78 Å². The first-order chi connectivity index (χ1) is 19.2. The van der Waals surface area contributed by atoms with E-state index in [4.69, 9.17) is 6.57 Å². The first-order valence-electron chi connectivity index (χ1n) is 12.4. The lowest BCUT2D eigenvalue weighted by Crippen LogP contribution is -2.41. The summed E-state index contributed by atoms with van der Waals surface area (Å²) < 4.78 is 84.3. The molecule has 0 radical (unpaired) electrons. The molecule has 1 fully saturated rings. The number of sulfonamides is 2. The molecule has 12 nitrogen and oxygen atoms in total. The summed E-state index contributed by atoms with van der Waals surface area (Å²) in [7, 11) is -6.35. The number of aromatic nitrogens is 4. The molecule has 2 aliphatic rings. The van der Waals surface area contributed by atoms with Gasteiger partial charge in [-0.2, -0.15) is 9.40 Å². The van der Waals surface area contributed by atoms with E-state index in [1.807, 2.05) is 0 Å². The number of nitrogens with zero attached hydrogens (tertiary/aromatic N) is 6. The SMILES string of the molecule is [C-]#[N+]C1(NS(=O)(=O)c2cc(C3=C(C=O)CN(S(=O)(=O)C(C)C)CC3)c3c(c2)c(-c2nnc(C(F)F)s2)nn3C)CC1. The Hall–Kier alpha value is -3.17. The van der Waals surface area contributed by atoms with Gasteiger partial charge in [0.15, 0.2) is 10.0 Å². The summed E-state index contributed by atoms with van der Waals surface area (Å²) in [6.45, 7) is 10.3. The monoisotopic (exact) mass is 625 g/mol. The number of aryl methyl sites for hydroxylation is 1. The first kappa shape index (κ1) is 29.3. The summed E-state index contributed by atoms with van der Waals surface area (Å²) in [6.07, 6.45) is -1.50. The zero-order chi connectivity index (χ0) is 29.9. The van der Waals surface area contributed by atoms with Gasteiger partial charge >= 0.3 is 0 Å². The number of halogens is 2. The Morgan fingerprint density at radius 2 is 1.90 bits per heavy atom. The van der Waals surface area contributed by atoms with Gasteiger partial charge in [-0.3, -0.25) is 14.3 Å². The van der Waals surface area contributed by atoms with Crippen molar-refractivity contribution in [3.63, 3.8) is 0 Å². The summed E-state index contributed by atoms with van der Waals surface area (Å²) >= 11 is 0.617. The number of fused-ring (bicyclic) bond motifs is 1. The van der Waals surface area contributed by atoms with E-state index < -0.39 is 42.4 Å². The number of nitrogens with one attached hydrogen (secondary N) is 1. The fraction of sp³-hybridized carbons (Fsp3) is 0.458. The second kappa shape index (κ2) is 10.3. The molecule has 0 saturated heterocycles. The number of carbonyl (C=O) groups is 1. The number of hydrogen-bond acceptors (Lipinski definition) is 9. The molecule has 1 aromatic carbocycles. The number of aldehydes is 1. The number of alkyl halides is 2. The Kier molecular flexibility index (Phi) is 7.35. The van der Waals surface area contributed by atoms with Gasteiger partial charge in [0.2, 0.25) is 20.0 Å². The predicted molar refractivity (Wildman–Crippen MR) is 147 cm³/mol. The largest absolute Gasteiger partial charge is 0.299 e. The van der Waals surface area contributed by atoms with E-state index in [9.17, 15) is 30.4 Å². The van der Waals surface area contributed by atoms with Crippen LogP contribution in [0.5, 0.6) is 0 Å². The lowest BCUT2D eigenvalue weighted by Gasteiger charge is -2.30. The van der Waals surface area contributed by atoms with Crippen LogP contribution in [0.1, 0.15) is 50.1 Å². The van der Waals surface area contributed by atoms with E-state index in [-0.39, 0.29) is 46.1 Å². The minimum Gasteiger partial charge on any atom is -0.298 e. The third-order valence-electron chi connectivity index (χ3n) is 7.08. The molecule has 5 rings (SSSR count). The Balaban J connectivity index is 1.74. The molecular weight excluding hydrogens is 601 g/mol. The average molecular weight is 626 g/mol. The van der Waals surface area contributed by atoms with Crippen LogP contribution in [-0.4, -0.2) is 71.4 Å². The molecule has 0 unspecified atom stereocenters. The number of rotatable bonds is 9. The highest BCUT2D eigenvalue weighted by molar-refractivity contribution is 7.90. The number of carbonyl (C=O) groups excluding carboxylic acids is 1. The summed E-state index contributed by atoms with van der Waals surface area (Å²) in [6, 6.07) is 2.69. The van der Waals surface area contributed by atoms with E-state index in [2.05, 4.69) is 24.9 Å². The van der Waals surface area contributed by atoms with Crippen molar-refractivity contribution < 1.29 is 30.4 Å². The summed E-state index contributed by atoms with van der Waals surface area (Å²) in [5, 5.41) is 10.9. The molecule has 17 heteroatoms. The van der Waals surface area contributed by atoms with Gasteiger partial charge in [-0.1, -0.05) is 11.3 Å². The zero-order valence-electron chi connectivity index (χ0n) is 22.1. The van der Waals surface area contributed by atoms with Crippen LogP contribution in [0.3, 0.4) is 0 Å². The molecule has 1 aliphatic heterocycles. The Bertz CT molecular complexity index is 1850. The Morgan fingerprint density at radius 1 is 1.20 bits per heavy atom. The van der Waals surface area contributed by atoms with Crippen molar-refractivity contribution in [1.29, 1.82) is 0 Å². The van der Waals surface area contributed by atoms with Gasteiger partial charge in [0.05, 0.1) is 28.5 Å². The lowest BCUT2D eigenvalue weighted by molar-refractivity contribution is -0.105. The second-order valence-electron chi connectivity index (χ2n) is 10.1. The molecule has 0 bridgehead atoms. The van der Waals surface area contributed by atoms with Crippen molar-refractivity contribution in [2.24, 2.45) is 7.05 Å². The van der Waals surface area contributed by atoms with E-state index in [0.717, 1.165) is 0 Å². The molecule has 0 spiro atoms. The maximum Gasteiger partial charge on any atom is 0.299 e. The highest BCUT2D eigenvalue weighted by Gasteiger charge is 2.54. The van der Waals surface area contributed by atoms with Crippen LogP contribution >= 0.6 is 11.3 Å². The summed E-state index contributed by atoms with van der Waals surface area (Å²) in [4.78, 5) is 15.5. The molecule has 3 heterocycles. The molecule has 218 valence electrons. The quantitative estimate of drug-likeness (QED) is 0.282. The predicted octanol–water partition coefficient (Wildman–Crippen LogP) is 3.11. The van der Waals surface area contributed by atoms with Crippen LogP contribution in [0.15, 0.2) is 22.6 Å². The first-order valence-corrected chi connectivity index (χ1v) is 16.2. The van der Waals surface area contributed by atoms with Gasteiger partial charge in [-0.25, -0.2) is 32.2 Å². The van der Waals surface area contributed by atoms with Crippen molar-refractivity contribution in [2.45, 2.75) is 55.3 Å². The van der Waals surface area contributed by atoms with Crippen LogP contribution in [0.2, 0.25) is 0 Å². The topological polar surface area (TPSA) is 149 Å². The van der Waals surface area contributed by atoms with Crippen molar-refractivity contribution in [3.05, 3.63) is 39.7 Å². The number of hydrogen-bond donors (Lipinski definition) is 1. The van der Waals surface area contributed by atoms with Gasteiger partial charge < -0.3 is 0 Å². The van der Waals surface area contributed by atoms with Gasteiger partial charge in [0.1, 0.15) is 12.0 Å². The maximum atomic E-state index is 13.5. The summed E-state index contributed by atoms with van der Waals surface area (Å²) in [5.74, 6) is 0. The van der Waals surface area contributed by atoms with Gasteiger partial charge in [-0.05, 0) is 38.0 Å². The Labute approximate surface area is 239 Å².